The van der Waals surface area contributed by atoms with Crippen molar-refractivity contribution in [3.63, 3.8) is 0 Å². The van der Waals surface area contributed by atoms with Crippen molar-refractivity contribution >= 4 is 0 Å². The maximum atomic E-state index is 10.5. The molecule has 0 bridgehead atoms. The van der Waals surface area contributed by atoms with E-state index in [1.54, 1.807) is 0 Å². The molecule has 1 saturated heterocycles. The summed E-state index contributed by atoms with van der Waals surface area (Å²) >= 11 is 0. The van der Waals surface area contributed by atoms with Crippen LogP contribution in [0.1, 0.15) is 38.4 Å². The zero-order valence-electron chi connectivity index (χ0n) is 12.6. The van der Waals surface area contributed by atoms with E-state index in [1.807, 2.05) is 11.9 Å². The van der Waals surface area contributed by atoms with Crippen LogP contribution in [0.2, 0.25) is 0 Å². The third-order valence-corrected chi connectivity index (χ3v) is 3.49. The van der Waals surface area contributed by atoms with Gasteiger partial charge in [0.25, 0.3) is 0 Å². The van der Waals surface area contributed by atoms with Gasteiger partial charge >= 0.3 is 0 Å². The van der Waals surface area contributed by atoms with E-state index in [9.17, 15) is 5.11 Å². The van der Waals surface area contributed by atoms with E-state index in [1.165, 1.54) is 0 Å². The van der Waals surface area contributed by atoms with E-state index in [0.29, 0.717) is 51.0 Å². The highest BCUT2D eigenvalue weighted by Crippen LogP contribution is 2.21. The molecule has 1 fully saturated rings. The van der Waals surface area contributed by atoms with Crippen LogP contribution in [0.4, 0.5) is 0 Å². The van der Waals surface area contributed by atoms with E-state index >= 15 is 0 Å². The number of aliphatic hydroxyl groups is 1. The minimum Gasteiger partial charge on any atom is -0.388 e. The summed E-state index contributed by atoms with van der Waals surface area (Å²) in [5.74, 6) is 1.88. The molecule has 0 aromatic carbocycles. The molecule has 0 radical (unpaired) electrons. The van der Waals surface area contributed by atoms with E-state index in [2.05, 4.69) is 24.0 Å². The van der Waals surface area contributed by atoms with Crippen molar-refractivity contribution in [2.45, 2.75) is 45.3 Å². The van der Waals surface area contributed by atoms with Crippen molar-refractivity contribution in [2.24, 2.45) is 5.92 Å². The Bertz CT molecular complexity index is 414. The molecule has 0 aliphatic carbocycles. The monoisotopic (exact) mass is 283 g/mol. The summed E-state index contributed by atoms with van der Waals surface area (Å²) in [6.07, 6.45) is 2.19. The summed E-state index contributed by atoms with van der Waals surface area (Å²) in [4.78, 5) is 6.41. The van der Waals surface area contributed by atoms with Crippen LogP contribution >= 0.6 is 0 Å². The number of ether oxygens (including phenoxy) is 1. The van der Waals surface area contributed by atoms with E-state index < -0.39 is 5.60 Å². The molecule has 114 valence electrons. The van der Waals surface area contributed by atoms with E-state index in [0.717, 1.165) is 12.2 Å². The third-order valence-electron chi connectivity index (χ3n) is 3.49. The highest BCUT2D eigenvalue weighted by atomic mass is 16.5. The molecule has 0 spiro atoms. The summed E-state index contributed by atoms with van der Waals surface area (Å²) in [6, 6.07) is 0. The van der Waals surface area contributed by atoms with Gasteiger partial charge in [-0.25, -0.2) is 0 Å². The van der Waals surface area contributed by atoms with Crippen LogP contribution in [0.25, 0.3) is 0 Å². The topological polar surface area (TPSA) is 71.6 Å². The molecule has 6 heteroatoms. The minimum absolute atomic E-state index is 0.515. The Morgan fingerprint density at radius 2 is 2.05 bits per heavy atom. The zero-order chi connectivity index (χ0) is 14.6. The van der Waals surface area contributed by atoms with Crippen molar-refractivity contribution < 1.29 is 14.4 Å². The van der Waals surface area contributed by atoms with Crippen LogP contribution in [0.3, 0.4) is 0 Å². The second-order valence-corrected chi connectivity index (χ2v) is 6.21. The van der Waals surface area contributed by atoms with Gasteiger partial charge in [0.05, 0.1) is 12.1 Å². The van der Waals surface area contributed by atoms with Crippen molar-refractivity contribution in [1.29, 1.82) is 0 Å². The molecule has 1 aliphatic heterocycles. The summed E-state index contributed by atoms with van der Waals surface area (Å²) in [6.45, 7) is 6.67. The first-order valence-electron chi connectivity index (χ1n) is 7.27. The second kappa shape index (κ2) is 6.65. The molecule has 2 rings (SSSR count). The van der Waals surface area contributed by atoms with Crippen molar-refractivity contribution in [1.82, 2.24) is 15.0 Å². The van der Waals surface area contributed by atoms with Crippen molar-refractivity contribution in [3.05, 3.63) is 11.7 Å². The van der Waals surface area contributed by atoms with Gasteiger partial charge in [-0.05, 0) is 13.0 Å². The first kappa shape index (κ1) is 15.4. The Morgan fingerprint density at radius 3 is 2.70 bits per heavy atom. The third kappa shape index (κ3) is 4.54. The number of nitrogens with zero attached hydrogens (tertiary/aromatic N) is 3. The van der Waals surface area contributed by atoms with E-state index in [-0.39, 0.29) is 0 Å². The van der Waals surface area contributed by atoms with Gasteiger partial charge in [0.1, 0.15) is 0 Å². The fourth-order valence-electron chi connectivity index (χ4n) is 2.50. The van der Waals surface area contributed by atoms with Gasteiger partial charge < -0.3 is 14.4 Å². The molecule has 2 heterocycles. The second-order valence-electron chi connectivity index (χ2n) is 6.21. The molecular weight excluding hydrogens is 258 g/mol. The van der Waals surface area contributed by atoms with Gasteiger partial charge in [-0.2, -0.15) is 4.98 Å². The molecule has 20 heavy (non-hydrogen) atoms. The first-order chi connectivity index (χ1) is 9.47. The maximum Gasteiger partial charge on any atom is 0.240 e. The van der Waals surface area contributed by atoms with Gasteiger partial charge in [-0.15, -0.1) is 0 Å². The average molecular weight is 283 g/mol. The van der Waals surface area contributed by atoms with Gasteiger partial charge in [0.2, 0.25) is 5.89 Å². The smallest absolute Gasteiger partial charge is 0.240 e. The van der Waals surface area contributed by atoms with Crippen LogP contribution in [0.15, 0.2) is 4.52 Å². The van der Waals surface area contributed by atoms with Crippen LogP contribution in [-0.4, -0.2) is 52.6 Å². The molecule has 1 N–H and O–H groups in total. The lowest BCUT2D eigenvalue weighted by Crippen LogP contribution is -2.45. The quantitative estimate of drug-likeness (QED) is 0.847. The van der Waals surface area contributed by atoms with Crippen LogP contribution in [0.5, 0.6) is 0 Å². The summed E-state index contributed by atoms with van der Waals surface area (Å²) in [5.41, 5.74) is -0.659. The fourth-order valence-corrected chi connectivity index (χ4v) is 2.50. The molecule has 0 saturated carbocycles. The summed E-state index contributed by atoms with van der Waals surface area (Å²) < 4.78 is 10.5. The highest BCUT2D eigenvalue weighted by Gasteiger charge is 2.31. The molecular formula is C14H25N3O3. The van der Waals surface area contributed by atoms with Gasteiger partial charge in [0, 0.05) is 39.0 Å². The Morgan fingerprint density at radius 1 is 1.35 bits per heavy atom. The molecule has 1 aliphatic rings. The lowest BCUT2D eigenvalue weighted by Gasteiger charge is -2.35. The number of hydrogen-bond donors (Lipinski definition) is 1. The highest BCUT2D eigenvalue weighted by molar-refractivity contribution is 4.89. The molecule has 0 amide bonds. The Balaban J connectivity index is 1.84. The Labute approximate surface area is 120 Å². The summed E-state index contributed by atoms with van der Waals surface area (Å²) in [5, 5.41) is 14.4. The standard InChI is InChI=1S/C14H25N3O3/c1-11(2)8-12-15-13(20-16-12)9-17(3)10-14(18)4-6-19-7-5-14/h11,18H,4-10H2,1-3H3. The Hall–Kier alpha value is -0.980. The molecule has 0 atom stereocenters. The maximum absolute atomic E-state index is 10.5. The summed E-state index contributed by atoms with van der Waals surface area (Å²) in [7, 11) is 1.96. The molecule has 1 aromatic rings. The predicted molar refractivity (Wildman–Crippen MR) is 74.2 cm³/mol. The Kier molecular flexibility index (Phi) is 5.12. The normalized spacial score (nSPS) is 18.9. The number of hydrogen-bond acceptors (Lipinski definition) is 6. The average Bonchev–Trinajstić information content (AvgIpc) is 2.75. The van der Waals surface area contributed by atoms with Gasteiger partial charge in [-0.3, -0.25) is 4.90 Å². The number of aromatic nitrogens is 2. The van der Waals surface area contributed by atoms with Crippen molar-refractivity contribution in [2.75, 3.05) is 26.8 Å². The minimum atomic E-state index is -0.659. The first-order valence-corrected chi connectivity index (χ1v) is 7.27. The van der Waals surface area contributed by atoms with Gasteiger partial charge in [-0.1, -0.05) is 19.0 Å². The SMILES string of the molecule is CC(C)Cc1noc(CN(C)CC2(O)CCOCC2)n1. The number of rotatable bonds is 6. The van der Waals surface area contributed by atoms with Crippen LogP contribution in [0, 0.1) is 5.92 Å². The molecule has 1 aromatic heterocycles. The molecule has 0 unspecified atom stereocenters. The van der Waals surface area contributed by atoms with Crippen molar-refractivity contribution in [3.8, 4) is 0 Å². The predicted octanol–water partition coefficient (Wildman–Crippen LogP) is 1.24. The van der Waals surface area contributed by atoms with Crippen LogP contribution in [-0.2, 0) is 17.7 Å². The van der Waals surface area contributed by atoms with Crippen LogP contribution < -0.4 is 0 Å². The zero-order valence-corrected chi connectivity index (χ0v) is 12.6. The lowest BCUT2D eigenvalue weighted by atomic mass is 9.94. The number of likely N-dealkylation sites (N-methyl/N-ethyl adjacent to an activating group) is 1. The lowest BCUT2D eigenvalue weighted by molar-refractivity contribution is -0.0784. The van der Waals surface area contributed by atoms with Gasteiger partial charge in [0.15, 0.2) is 5.82 Å². The largest absolute Gasteiger partial charge is 0.388 e. The molecule has 6 nitrogen and oxygen atoms in total. The van der Waals surface area contributed by atoms with E-state index in [4.69, 9.17) is 9.26 Å². The fraction of sp³-hybridized carbons (Fsp3) is 0.857.